The zero-order valence-electron chi connectivity index (χ0n) is 7.40. The highest BCUT2D eigenvalue weighted by molar-refractivity contribution is 6.30. The van der Waals surface area contributed by atoms with Gasteiger partial charge in [0.05, 0.1) is 0 Å². The summed E-state index contributed by atoms with van der Waals surface area (Å²) in [5.74, 6) is 0. The van der Waals surface area contributed by atoms with E-state index in [1.165, 1.54) is 0 Å². The van der Waals surface area contributed by atoms with Crippen LogP contribution in [0.5, 0.6) is 0 Å². The number of nitrogens with two attached hydrogens (primary N) is 1. The maximum Gasteiger partial charge on any atom is 0.404 e. The van der Waals surface area contributed by atoms with Crippen molar-refractivity contribution in [1.82, 2.24) is 5.32 Å². The van der Waals surface area contributed by atoms with E-state index < -0.39 is 6.09 Å². The third-order valence-corrected chi connectivity index (χ3v) is 1.99. The summed E-state index contributed by atoms with van der Waals surface area (Å²) >= 11 is 5.76. The minimum absolute atomic E-state index is 0.176. The Labute approximate surface area is 86.7 Å². The monoisotopic (exact) mass is 214 g/mol. The number of carbonyl (C=O) groups is 1. The molecule has 1 aromatic carbocycles. The number of carboxylic acid groups (broad SMARTS) is 1. The van der Waals surface area contributed by atoms with Gasteiger partial charge >= 0.3 is 6.09 Å². The van der Waals surface area contributed by atoms with Crippen molar-refractivity contribution < 1.29 is 9.90 Å². The number of benzene rings is 1. The van der Waals surface area contributed by atoms with Crippen LogP contribution in [-0.4, -0.2) is 17.7 Å². The second-order valence-electron chi connectivity index (χ2n) is 2.85. The fourth-order valence-corrected chi connectivity index (χ4v) is 1.25. The van der Waals surface area contributed by atoms with Crippen LogP contribution in [0.1, 0.15) is 11.6 Å². The van der Waals surface area contributed by atoms with Crippen molar-refractivity contribution in [3.05, 3.63) is 34.9 Å². The summed E-state index contributed by atoms with van der Waals surface area (Å²) in [7, 11) is 0. The van der Waals surface area contributed by atoms with Crippen molar-refractivity contribution in [2.45, 2.75) is 6.04 Å². The Morgan fingerprint density at radius 1 is 1.64 bits per heavy atom. The standard InChI is InChI=1S/C9H11ClN2O2/c10-7-3-1-2-6(4-7)8(11)5-12-9(13)14/h1-4,8,12H,5,11H2,(H,13,14). The molecule has 0 aliphatic carbocycles. The van der Waals surface area contributed by atoms with Crippen LogP contribution in [0.4, 0.5) is 4.79 Å². The van der Waals surface area contributed by atoms with Crippen LogP contribution in [0.15, 0.2) is 24.3 Å². The Morgan fingerprint density at radius 3 is 2.93 bits per heavy atom. The fourth-order valence-electron chi connectivity index (χ4n) is 1.05. The van der Waals surface area contributed by atoms with Gasteiger partial charge in [0.15, 0.2) is 0 Å². The molecule has 0 aromatic heterocycles. The molecule has 0 spiro atoms. The zero-order chi connectivity index (χ0) is 10.6. The lowest BCUT2D eigenvalue weighted by molar-refractivity contribution is 0.193. The number of halogens is 1. The minimum atomic E-state index is -1.08. The Morgan fingerprint density at radius 2 is 2.36 bits per heavy atom. The van der Waals surface area contributed by atoms with Crippen molar-refractivity contribution in [2.24, 2.45) is 5.73 Å². The third kappa shape index (κ3) is 3.24. The molecule has 4 N–H and O–H groups in total. The van der Waals surface area contributed by atoms with E-state index in [0.717, 1.165) is 5.56 Å². The highest BCUT2D eigenvalue weighted by Crippen LogP contribution is 2.15. The molecular formula is C9H11ClN2O2. The second-order valence-corrected chi connectivity index (χ2v) is 3.28. The van der Waals surface area contributed by atoms with Crippen molar-refractivity contribution in [3.63, 3.8) is 0 Å². The second kappa shape index (κ2) is 4.83. The average molecular weight is 215 g/mol. The van der Waals surface area contributed by atoms with Gasteiger partial charge in [-0.2, -0.15) is 0 Å². The molecular weight excluding hydrogens is 204 g/mol. The molecule has 0 bridgehead atoms. The summed E-state index contributed by atoms with van der Waals surface area (Å²) in [6, 6.07) is 6.67. The highest BCUT2D eigenvalue weighted by atomic mass is 35.5. The molecule has 76 valence electrons. The van der Waals surface area contributed by atoms with Crippen molar-refractivity contribution in [3.8, 4) is 0 Å². The molecule has 1 unspecified atom stereocenters. The molecule has 0 heterocycles. The van der Waals surface area contributed by atoms with Gasteiger partial charge in [0.1, 0.15) is 0 Å². The van der Waals surface area contributed by atoms with Crippen LogP contribution in [-0.2, 0) is 0 Å². The molecule has 1 amide bonds. The van der Waals surface area contributed by atoms with Gasteiger partial charge in [0, 0.05) is 17.6 Å². The van der Waals surface area contributed by atoms with Crippen LogP contribution >= 0.6 is 11.6 Å². The van der Waals surface area contributed by atoms with Gasteiger partial charge in [-0.1, -0.05) is 23.7 Å². The molecule has 1 atom stereocenters. The van der Waals surface area contributed by atoms with E-state index in [2.05, 4.69) is 5.32 Å². The molecule has 0 fully saturated rings. The predicted molar refractivity (Wildman–Crippen MR) is 54.4 cm³/mol. The number of hydrogen-bond donors (Lipinski definition) is 3. The third-order valence-electron chi connectivity index (χ3n) is 1.75. The SMILES string of the molecule is NC(CNC(=O)O)c1cccc(Cl)c1. The van der Waals surface area contributed by atoms with Gasteiger partial charge in [-0.3, -0.25) is 0 Å². The highest BCUT2D eigenvalue weighted by Gasteiger charge is 2.07. The first-order chi connectivity index (χ1) is 6.59. The van der Waals surface area contributed by atoms with Crippen LogP contribution in [0.25, 0.3) is 0 Å². The van der Waals surface area contributed by atoms with Gasteiger partial charge in [0.2, 0.25) is 0 Å². The summed E-state index contributed by atoms with van der Waals surface area (Å²) < 4.78 is 0. The first kappa shape index (κ1) is 10.8. The Bertz CT molecular complexity index is 330. The first-order valence-electron chi connectivity index (χ1n) is 4.07. The summed E-state index contributed by atoms with van der Waals surface area (Å²) in [5, 5.41) is 11.2. The molecule has 4 nitrogen and oxygen atoms in total. The largest absolute Gasteiger partial charge is 0.465 e. The number of rotatable bonds is 3. The molecule has 0 saturated heterocycles. The van der Waals surface area contributed by atoms with Crippen LogP contribution in [0.3, 0.4) is 0 Å². The van der Waals surface area contributed by atoms with E-state index in [9.17, 15) is 4.79 Å². The normalized spacial score (nSPS) is 12.1. The predicted octanol–water partition coefficient (Wildman–Crippen LogP) is 1.61. The molecule has 0 aliphatic heterocycles. The lowest BCUT2D eigenvalue weighted by atomic mass is 10.1. The minimum Gasteiger partial charge on any atom is -0.465 e. The van der Waals surface area contributed by atoms with E-state index in [1.54, 1.807) is 24.3 Å². The molecule has 5 heteroatoms. The smallest absolute Gasteiger partial charge is 0.404 e. The van der Waals surface area contributed by atoms with Crippen LogP contribution in [0.2, 0.25) is 5.02 Å². The molecule has 0 radical (unpaired) electrons. The molecule has 1 aromatic rings. The molecule has 0 saturated carbocycles. The summed E-state index contributed by atoms with van der Waals surface area (Å²) in [6.07, 6.45) is -1.08. The Hall–Kier alpha value is -1.26. The number of amides is 1. The van der Waals surface area contributed by atoms with Crippen LogP contribution < -0.4 is 11.1 Å². The van der Waals surface area contributed by atoms with Crippen LogP contribution in [0, 0.1) is 0 Å². The van der Waals surface area contributed by atoms with Crippen molar-refractivity contribution >= 4 is 17.7 Å². The van der Waals surface area contributed by atoms with Gasteiger partial charge in [-0.05, 0) is 17.7 Å². The molecule has 14 heavy (non-hydrogen) atoms. The van der Waals surface area contributed by atoms with Gasteiger partial charge in [0.25, 0.3) is 0 Å². The topological polar surface area (TPSA) is 75.3 Å². The number of nitrogens with one attached hydrogen (secondary N) is 1. The maximum absolute atomic E-state index is 10.2. The van der Waals surface area contributed by atoms with E-state index in [1.807, 2.05) is 0 Å². The average Bonchev–Trinajstić information content (AvgIpc) is 2.14. The fraction of sp³-hybridized carbons (Fsp3) is 0.222. The first-order valence-corrected chi connectivity index (χ1v) is 4.45. The zero-order valence-corrected chi connectivity index (χ0v) is 8.16. The summed E-state index contributed by atoms with van der Waals surface area (Å²) in [6.45, 7) is 0.176. The van der Waals surface area contributed by atoms with Crippen molar-refractivity contribution in [1.29, 1.82) is 0 Å². The Kier molecular flexibility index (Phi) is 3.73. The van der Waals surface area contributed by atoms with E-state index in [0.29, 0.717) is 5.02 Å². The quantitative estimate of drug-likeness (QED) is 0.716. The van der Waals surface area contributed by atoms with Gasteiger partial charge < -0.3 is 16.2 Å². The van der Waals surface area contributed by atoms with E-state index >= 15 is 0 Å². The number of hydrogen-bond acceptors (Lipinski definition) is 2. The van der Waals surface area contributed by atoms with Gasteiger partial charge in [-0.25, -0.2) is 4.79 Å². The maximum atomic E-state index is 10.2. The summed E-state index contributed by atoms with van der Waals surface area (Å²) in [4.78, 5) is 10.2. The lowest BCUT2D eigenvalue weighted by Crippen LogP contribution is -2.30. The van der Waals surface area contributed by atoms with Gasteiger partial charge in [-0.15, -0.1) is 0 Å². The lowest BCUT2D eigenvalue weighted by Gasteiger charge is -2.11. The Balaban J connectivity index is 2.60. The molecule has 1 rings (SSSR count). The van der Waals surface area contributed by atoms with E-state index in [-0.39, 0.29) is 12.6 Å². The summed E-state index contributed by atoms with van der Waals surface area (Å²) in [5.41, 5.74) is 6.54. The van der Waals surface area contributed by atoms with Crippen molar-refractivity contribution in [2.75, 3.05) is 6.54 Å². The molecule has 0 aliphatic rings. The van der Waals surface area contributed by atoms with E-state index in [4.69, 9.17) is 22.4 Å².